The summed E-state index contributed by atoms with van der Waals surface area (Å²) in [6.07, 6.45) is -1.04. The molecule has 0 aliphatic heterocycles. The zero-order valence-corrected chi connectivity index (χ0v) is 23.6. The van der Waals surface area contributed by atoms with Crippen molar-refractivity contribution in [2.75, 3.05) is 11.9 Å². The number of aromatic nitrogens is 1. The highest BCUT2D eigenvalue weighted by atomic mass is 32.1. The maximum atomic E-state index is 12.8. The molecule has 0 saturated carbocycles. The van der Waals surface area contributed by atoms with Crippen LogP contribution in [0.5, 0.6) is 0 Å². The van der Waals surface area contributed by atoms with Gasteiger partial charge in [0.25, 0.3) is 0 Å². The van der Waals surface area contributed by atoms with Crippen molar-refractivity contribution in [3.05, 3.63) is 119 Å². The molecule has 1 heterocycles. The van der Waals surface area contributed by atoms with Crippen molar-refractivity contribution in [2.24, 2.45) is 5.16 Å². The normalized spacial score (nSPS) is 11.9. The minimum atomic E-state index is -1.04. The third kappa shape index (κ3) is 6.73. The van der Waals surface area contributed by atoms with Crippen molar-refractivity contribution in [1.82, 2.24) is 4.98 Å². The van der Waals surface area contributed by atoms with Crippen LogP contribution >= 0.6 is 11.3 Å². The van der Waals surface area contributed by atoms with Crippen LogP contribution in [-0.4, -0.2) is 35.0 Å². The molecule has 206 valence electrons. The van der Waals surface area contributed by atoms with E-state index in [0.717, 1.165) is 16.7 Å². The Kier molecular flexibility index (Phi) is 8.96. The monoisotopic (exact) mass is 557 g/mol. The molecule has 0 aliphatic rings. The van der Waals surface area contributed by atoms with Gasteiger partial charge in [-0.1, -0.05) is 96.2 Å². The van der Waals surface area contributed by atoms with Crippen LogP contribution in [0.1, 0.15) is 50.1 Å². The first-order valence-corrected chi connectivity index (χ1v) is 13.7. The van der Waals surface area contributed by atoms with Crippen molar-refractivity contribution >= 4 is 34.3 Å². The lowest BCUT2D eigenvalue weighted by atomic mass is 9.77. The summed E-state index contributed by atoms with van der Waals surface area (Å²) in [5.74, 6) is -0.775. The van der Waals surface area contributed by atoms with Gasteiger partial charge in [0.15, 0.2) is 5.13 Å². The number of carbonyl (C=O) groups excluding carboxylic acids is 2. The van der Waals surface area contributed by atoms with Gasteiger partial charge >= 0.3 is 12.1 Å². The molecule has 1 aromatic heterocycles. The van der Waals surface area contributed by atoms with E-state index in [-0.39, 0.29) is 18.0 Å². The lowest BCUT2D eigenvalue weighted by Crippen LogP contribution is -2.38. The fraction of sp³-hybridized carbons (Fsp3) is 0.226. The molecule has 40 heavy (non-hydrogen) atoms. The van der Waals surface area contributed by atoms with Crippen molar-refractivity contribution in [3.63, 3.8) is 0 Å². The largest absolute Gasteiger partial charge is 0.535 e. The lowest BCUT2D eigenvalue weighted by Gasteiger charge is -2.36. The molecular weight excluding hydrogens is 526 g/mol. The molecule has 4 rings (SSSR count). The summed E-state index contributed by atoms with van der Waals surface area (Å²) < 4.78 is 10.3. The molecular formula is C31H31N3O5S. The highest BCUT2D eigenvalue weighted by Gasteiger charge is 2.37. The molecule has 0 atom stereocenters. The summed E-state index contributed by atoms with van der Waals surface area (Å²) in [6.45, 7) is 6.87. The number of thiazole rings is 1. The molecule has 9 heteroatoms. The predicted octanol–water partition coefficient (Wildman–Crippen LogP) is 6.77. The average molecular weight is 558 g/mol. The molecule has 0 spiro atoms. The van der Waals surface area contributed by atoms with Gasteiger partial charge in [0.2, 0.25) is 5.71 Å². The van der Waals surface area contributed by atoms with Crippen LogP contribution in [0.4, 0.5) is 9.93 Å². The van der Waals surface area contributed by atoms with E-state index >= 15 is 0 Å². The van der Waals surface area contributed by atoms with E-state index in [0.29, 0.717) is 5.13 Å². The van der Waals surface area contributed by atoms with Gasteiger partial charge in [-0.05, 0) is 44.4 Å². The zero-order chi connectivity index (χ0) is 28.6. The Morgan fingerprint density at radius 1 is 0.850 bits per heavy atom. The number of carbonyl (C=O) groups is 2. The van der Waals surface area contributed by atoms with Crippen LogP contribution in [0, 0.1) is 0 Å². The van der Waals surface area contributed by atoms with E-state index in [1.54, 1.807) is 33.1 Å². The van der Waals surface area contributed by atoms with Gasteiger partial charge in [-0.25, -0.2) is 14.6 Å². The summed E-state index contributed by atoms with van der Waals surface area (Å²) in [5.41, 5.74) is 1.33. The van der Waals surface area contributed by atoms with E-state index in [4.69, 9.17) is 14.3 Å². The van der Waals surface area contributed by atoms with Gasteiger partial charge in [-0.15, -0.1) is 11.3 Å². The topological polar surface area (TPSA) is 99.1 Å². The summed E-state index contributed by atoms with van der Waals surface area (Å²) in [7, 11) is 0. The number of rotatable bonds is 9. The van der Waals surface area contributed by atoms with Crippen molar-refractivity contribution < 1.29 is 23.9 Å². The number of hydrogen-bond donors (Lipinski definition) is 1. The number of ether oxygens (including phenoxy) is 2. The molecule has 0 amide bonds. The average Bonchev–Trinajstić information content (AvgIpc) is 3.40. The lowest BCUT2D eigenvalue weighted by molar-refractivity contribution is -0.135. The molecule has 4 aromatic rings. The van der Waals surface area contributed by atoms with Gasteiger partial charge in [0.05, 0.1) is 6.61 Å². The smallest absolute Gasteiger partial charge is 0.461 e. The molecule has 0 bridgehead atoms. The highest BCUT2D eigenvalue weighted by Crippen LogP contribution is 2.40. The van der Waals surface area contributed by atoms with Crippen LogP contribution in [0.2, 0.25) is 0 Å². The number of benzene rings is 3. The standard InChI is InChI=1S/C31H31N3O5S/c1-5-37-27(35)26(34-39-29(36)38-30(2,3)4)25-21-40-28(32-25)33-31(22-15-9-6-10-16-22,23-17-11-7-12-18-23)24-19-13-8-14-20-24/h6-21H,5H2,1-4H3,(H,32,33). The summed E-state index contributed by atoms with van der Waals surface area (Å²) in [5, 5.41) is 9.59. The predicted molar refractivity (Wildman–Crippen MR) is 155 cm³/mol. The fourth-order valence-corrected chi connectivity index (χ4v) is 4.87. The minimum absolute atomic E-state index is 0.110. The van der Waals surface area contributed by atoms with Crippen molar-refractivity contribution in [2.45, 2.75) is 38.8 Å². The van der Waals surface area contributed by atoms with Crippen LogP contribution in [-0.2, 0) is 24.6 Å². The van der Waals surface area contributed by atoms with E-state index in [1.165, 1.54) is 11.3 Å². The minimum Gasteiger partial charge on any atom is -0.461 e. The van der Waals surface area contributed by atoms with Gasteiger partial charge in [-0.3, -0.25) is 4.84 Å². The molecule has 1 N–H and O–H groups in total. The van der Waals surface area contributed by atoms with Crippen molar-refractivity contribution in [3.8, 4) is 0 Å². The molecule has 0 radical (unpaired) electrons. The summed E-state index contributed by atoms with van der Waals surface area (Å²) in [4.78, 5) is 34.4. The Morgan fingerprint density at radius 3 is 1.80 bits per heavy atom. The summed E-state index contributed by atoms with van der Waals surface area (Å²) >= 11 is 1.29. The van der Waals surface area contributed by atoms with Crippen molar-refractivity contribution in [1.29, 1.82) is 0 Å². The molecule has 3 aromatic carbocycles. The number of anilines is 1. The Morgan fingerprint density at radius 2 is 1.35 bits per heavy atom. The van der Waals surface area contributed by atoms with Crippen LogP contribution in [0.3, 0.4) is 0 Å². The third-order valence-corrected chi connectivity index (χ3v) is 6.49. The van der Waals surface area contributed by atoms with Gasteiger partial charge < -0.3 is 14.8 Å². The number of hydrogen-bond acceptors (Lipinski definition) is 9. The van der Waals surface area contributed by atoms with E-state index < -0.39 is 23.3 Å². The number of nitrogens with one attached hydrogen (secondary N) is 1. The second-order valence-electron chi connectivity index (χ2n) is 9.73. The highest BCUT2D eigenvalue weighted by molar-refractivity contribution is 7.14. The second kappa shape index (κ2) is 12.6. The Labute approximate surface area is 237 Å². The maximum Gasteiger partial charge on any atom is 0.535 e. The van der Waals surface area contributed by atoms with Gasteiger partial charge in [0.1, 0.15) is 16.8 Å². The van der Waals surface area contributed by atoms with Crippen LogP contribution in [0.25, 0.3) is 0 Å². The maximum absolute atomic E-state index is 12.8. The number of esters is 1. The Hall–Kier alpha value is -4.50. The Balaban J connectivity index is 1.77. The van der Waals surface area contributed by atoms with Gasteiger partial charge in [0, 0.05) is 5.38 Å². The summed E-state index contributed by atoms with van der Waals surface area (Å²) in [6, 6.07) is 30.2. The van der Waals surface area contributed by atoms with E-state index in [2.05, 4.69) is 51.9 Å². The molecule has 0 unspecified atom stereocenters. The third-order valence-electron chi connectivity index (χ3n) is 5.73. The molecule has 0 fully saturated rings. The van der Waals surface area contributed by atoms with E-state index in [9.17, 15) is 9.59 Å². The first-order valence-electron chi connectivity index (χ1n) is 12.8. The quantitative estimate of drug-likeness (QED) is 0.0797. The zero-order valence-electron chi connectivity index (χ0n) is 22.8. The number of oxime groups is 1. The van der Waals surface area contributed by atoms with Gasteiger partial charge in [-0.2, -0.15) is 0 Å². The first kappa shape index (κ1) is 28.5. The number of nitrogens with zero attached hydrogens (tertiary/aromatic N) is 2. The Bertz CT molecular complexity index is 1350. The fourth-order valence-electron chi connectivity index (χ4n) is 4.12. The molecule has 0 saturated heterocycles. The molecule has 0 aliphatic carbocycles. The first-order chi connectivity index (χ1) is 19.2. The van der Waals surface area contributed by atoms with E-state index in [1.807, 2.05) is 54.6 Å². The molecule has 8 nitrogen and oxygen atoms in total. The SMILES string of the molecule is CCOC(=O)C(=NOC(=O)OC(C)(C)C)c1csc(NC(c2ccccc2)(c2ccccc2)c2ccccc2)n1. The second-order valence-corrected chi connectivity index (χ2v) is 10.6. The van der Waals surface area contributed by atoms with Crippen LogP contribution in [0.15, 0.2) is 102 Å². The van der Waals surface area contributed by atoms with Crippen LogP contribution < -0.4 is 5.32 Å².